The zero-order valence-corrected chi connectivity index (χ0v) is 13.5. The number of piperidine rings is 1. The van der Waals surface area contributed by atoms with Crippen molar-refractivity contribution in [2.75, 3.05) is 25.9 Å². The number of sulfone groups is 1. The van der Waals surface area contributed by atoms with Crippen molar-refractivity contribution in [2.45, 2.75) is 22.6 Å². The van der Waals surface area contributed by atoms with Gasteiger partial charge in [-0.25, -0.2) is 21.6 Å². The minimum absolute atomic E-state index is 0.167. The zero-order chi connectivity index (χ0) is 15.5. The summed E-state index contributed by atoms with van der Waals surface area (Å²) < 4.78 is 50.6. The summed E-state index contributed by atoms with van der Waals surface area (Å²) in [5, 5.41) is 3.22. The summed E-state index contributed by atoms with van der Waals surface area (Å²) >= 11 is 0. The maximum absolute atomic E-state index is 12.3. The quantitative estimate of drug-likeness (QED) is 0.813. The van der Waals surface area contributed by atoms with Crippen molar-refractivity contribution in [3.63, 3.8) is 0 Å². The molecule has 0 bridgehead atoms. The fourth-order valence-corrected chi connectivity index (χ4v) is 5.13. The molecule has 0 unspecified atom stereocenters. The summed E-state index contributed by atoms with van der Waals surface area (Å²) in [4.78, 5) is -0.351. The van der Waals surface area contributed by atoms with E-state index in [0.29, 0.717) is 6.54 Å². The normalized spacial score (nSPS) is 20.3. The van der Waals surface area contributed by atoms with E-state index in [-0.39, 0.29) is 15.7 Å². The highest BCUT2D eigenvalue weighted by atomic mass is 32.2. The first-order valence-corrected chi connectivity index (χ1v) is 10.2. The maximum Gasteiger partial charge on any atom is 0.241 e. The van der Waals surface area contributed by atoms with E-state index in [4.69, 9.17) is 0 Å². The van der Waals surface area contributed by atoms with Crippen molar-refractivity contribution < 1.29 is 16.8 Å². The van der Waals surface area contributed by atoms with Crippen LogP contribution < -0.4 is 10.0 Å². The van der Waals surface area contributed by atoms with Gasteiger partial charge in [0, 0.05) is 12.8 Å². The number of rotatable bonds is 5. The van der Waals surface area contributed by atoms with Gasteiger partial charge in [-0.3, -0.25) is 0 Å². The molecule has 1 aromatic rings. The van der Waals surface area contributed by atoms with Crippen LogP contribution in [0, 0.1) is 5.92 Å². The first-order valence-electron chi connectivity index (χ1n) is 6.80. The average molecular weight is 332 g/mol. The summed E-state index contributed by atoms with van der Waals surface area (Å²) in [7, 11) is -7.42. The Morgan fingerprint density at radius 2 is 1.86 bits per heavy atom. The standard InChI is InChI=1S/C13H20N2O4S2/c1-20(16,17)12-6-2-3-7-13(12)21(18,19)15-10-11-5-4-8-14-9-11/h2-3,6-7,11,14-15H,4-5,8-10H2,1H3/t11-/m1/s1. The lowest BCUT2D eigenvalue weighted by molar-refractivity contribution is 0.375. The van der Waals surface area contributed by atoms with E-state index in [0.717, 1.165) is 32.2 Å². The molecule has 1 fully saturated rings. The van der Waals surface area contributed by atoms with E-state index in [1.807, 2.05) is 0 Å². The van der Waals surface area contributed by atoms with Crippen LogP contribution in [-0.2, 0) is 19.9 Å². The van der Waals surface area contributed by atoms with Gasteiger partial charge in [-0.15, -0.1) is 0 Å². The highest BCUT2D eigenvalue weighted by Crippen LogP contribution is 2.20. The van der Waals surface area contributed by atoms with E-state index in [9.17, 15) is 16.8 Å². The van der Waals surface area contributed by atoms with E-state index in [1.54, 1.807) is 0 Å². The number of hydrogen-bond donors (Lipinski definition) is 2. The number of nitrogens with one attached hydrogen (secondary N) is 2. The molecule has 118 valence electrons. The highest BCUT2D eigenvalue weighted by molar-refractivity contribution is 7.93. The fourth-order valence-electron chi connectivity index (χ4n) is 2.38. The van der Waals surface area contributed by atoms with Crippen LogP contribution in [0.1, 0.15) is 12.8 Å². The molecule has 6 nitrogen and oxygen atoms in total. The third-order valence-corrected chi connectivity index (χ3v) is 6.26. The van der Waals surface area contributed by atoms with Gasteiger partial charge < -0.3 is 5.32 Å². The lowest BCUT2D eigenvalue weighted by Crippen LogP contribution is -2.38. The van der Waals surface area contributed by atoms with E-state index >= 15 is 0 Å². The SMILES string of the molecule is CS(=O)(=O)c1ccccc1S(=O)(=O)NC[C@@H]1CCCNC1. The van der Waals surface area contributed by atoms with Crippen LogP contribution in [0.3, 0.4) is 0 Å². The minimum atomic E-state index is -3.83. The average Bonchev–Trinajstić information content (AvgIpc) is 2.45. The van der Waals surface area contributed by atoms with Crippen molar-refractivity contribution in [3.8, 4) is 0 Å². The molecule has 0 aliphatic carbocycles. The Morgan fingerprint density at radius 1 is 1.19 bits per heavy atom. The van der Waals surface area contributed by atoms with Gasteiger partial charge in [-0.2, -0.15) is 0 Å². The highest BCUT2D eigenvalue weighted by Gasteiger charge is 2.24. The Morgan fingerprint density at radius 3 is 2.43 bits per heavy atom. The third kappa shape index (κ3) is 4.26. The number of hydrogen-bond acceptors (Lipinski definition) is 5. The molecule has 1 heterocycles. The molecule has 8 heteroatoms. The first-order chi connectivity index (χ1) is 9.81. The summed E-state index contributed by atoms with van der Waals surface area (Å²) in [5.41, 5.74) is 0. The van der Waals surface area contributed by atoms with Crippen LogP contribution in [0.5, 0.6) is 0 Å². The van der Waals surface area contributed by atoms with Gasteiger partial charge in [0.15, 0.2) is 9.84 Å². The monoisotopic (exact) mass is 332 g/mol. The van der Waals surface area contributed by atoms with Crippen molar-refractivity contribution in [1.29, 1.82) is 0 Å². The lowest BCUT2D eigenvalue weighted by Gasteiger charge is -2.23. The Labute approximate surface area is 125 Å². The van der Waals surface area contributed by atoms with Gasteiger partial charge >= 0.3 is 0 Å². The van der Waals surface area contributed by atoms with Gasteiger partial charge in [0.05, 0.1) is 4.90 Å². The Kier molecular flexibility index (Phi) is 5.03. The molecule has 0 spiro atoms. The maximum atomic E-state index is 12.3. The molecular formula is C13H20N2O4S2. The molecule has 1 atom stereocenters. The lowest BCUT2D eigenvalue weighted by atomic mass is 10.0. The third-order valence-electron chi connectivity index (χ3n) is 3.50. The largest absolute Gasteiger partial charge is 0.316 e. The predicted octanol–water partition coefficient (Wildman–Crippen LogP) is 0.368. The van der Waals surface area contributed by atoms with E-state index < -0.39 is 19.9 Å². The van der Waals surface area contributed by atoms with Crippen molar-refractivity contribution >= 4 is 19.9 Å². The molecule has 1 saturated heterocycles. The Balaban J connectivity index is 2.20. The summed E-state index contributed by atoms with van der Waals surface area (Å²) in [5.74, 6) is 0.235. The van der Waals surface area contributed by atoms with Gasteiger partial charge in [0.2, 0.25) is 10.0 Å². The smallest absolute Gasteiger partial charge is 0.241 e. The second-order valence-electron chi connectivity index (χ2n) is 5.28. The number of sulfonamides is 1. The van der Waals surface area contributed by atoms with E-state index in [2.05, 4.69) is 10.0 Å². The van der Waals surface area contributed by atoms with Gasteiger partial charge in [0.1, 0.15) is 4.90 Å². The van der Waals surface area contributed by atoms with Crippen molar-refractivity contribution in [3.05, 3.63) is 24.3 Å². The zero-order valence-electron chi connectivity index (χ0n) is 11.9. The topological polar surface area (TPSA) is 92.3 Å². The van der Waals surface area contributed by atoms with Crippen LogP contribution in [-0.4, -0.2) is 42.7 Å². The molecule has 2 rings (SSSR count). The van der Waals surface area contributed by atoms with Gasteiger partial charge in [-0.05, 0) is 44.0 Å². The molecule has 1 aliphatic heterocycles. The van der Waals surface area contributed by atoms with Crippen molar-refractivity contribution in [1.82, 2.24) is 10.0 Å². The minimum Gasteiger partial charge on any atom is -0.316 e. The fraction of sp³-hybridized carbons (Fsp3) is 0.538. The predicted molar refractivity (Wildman–Crippen MR) is 80.3 cm³/mol. The summed E-state index contributed by atoms with van der Waals surface area (Å²) in [6.07, 6.45) is 2.99. The molecule has 21 heavy (non-hydrogen) atoms. The molecule has 0 amide bonds. The molecule has 1 aliphatic rings. The summed E-state index contributed by atoms with van der Waals surface area (Å²) in [6.45, 7) is 2.05. The van der Waals surface area contributed by atoms with Crippen LogP contribution >= 0.6 is 0 Å². The summed E-state index contributed by atoms with van der Waals surface area (Å²) in [6, 6.07) is 5.66. The van der Waals surface area contributed by atoms with Gasteiger partial charge in [0.25, 0.3) is 0 Å². The van der Waals surface area contributed by atoms with Crippen LogP contribution in [0.25, 0.3) is 0 Å². The Bertz CT molecular complexity index is 693. The Hall–Kier alpha value is -0.960. The number of benzene rings is 1. The molecule has 0 radical (unpaired) electrons. The van der Waals surface area contributed by atoms with E-state index in [1.165, 1.54) is 24.3 Å². The molecular weight excluding hydrogens is 312 g/mol. The molecule has 0 saturated carbocycles. The van der Waals surface area contributed by atoms with Gasteiger partial charge in [-0.1, -0.05) is 12.1 Å². The van der Waals surface area contributed by atoms with Crippen molar-refractivity contribution in [2.24, 2.45) is 5.92 Å². The molecule has 1 aromatic carbocycles. The van der Waals surface area contributed by atoms with Crippen LogP contribution in [0.2, 0.25) is 0 Å². The molecule has 0 aromatic heterocycles. The first kappa shape index (κ1) is 16.4. The molecule has 2 N–H and O–H groups in total. The second kappa shape index (κ2) is 6.43. The van der Waals surface area contributed by atoms with Crippen LogP contribution in [0.4, 0.5) is 0 Å². The van der Waals surface area contributed by atoms with Crippen LogP contribution in [0.15, 0.2) is 34.1 Å². The second-order valence-corrected chi connectivity index (χ2v) is 9.00.